The van der Waals surface area contributed by atoms with Crippen LogP contribution in [-0.4, -0.2) is 0 Å². The molecule has 0 amide bonds. The summed E-state index contributed by atoms with van der Waals surface area (Å²) in [7, 11) is 0. The fourth-order valence-electron chi connectivity index (χ4n) is 1.85. The van der Waals surface area contributed by atoms with E-state index in [1.165, 1.54) is 18.2 Å². The molecular formula is C14H11BrClF2N. The van der Waals surface area contributed by atoms with Crippen molar-refractivity contribution in [2.45, 2.75) is 12.5 Å². The van der Waals surface area contributed by atoms with E-state index in [1.54, 1.807) is 18.2 Å². The standard InChI is InChI=1S/C14H11BrClF2N/c15-10-4-9(5-11(17)7-10)13(19)6-8-2-1-3-12(16)14(8)18/h1-5,7,13H,6,19H2. The van der Waals surface area contributed by atoms with Gasteiger partial charge in [-0.1, -0.05) is 39.7 Å². The Kier molecular flexibility index (Phi) is 4.55. The minimum Gasteiger partial charge on any atom is -0.324 e. The first kappa shape index (κ1) is 14.4. The van der Waals surface area contributed by atoms with E-state index in [0.29, 0.717) is 15.6 Å². The summed E-state index contributed by atoms with van der Waals surface area (Å²) in [6.07, 6.45) is 0.252. The predicted octanol–water partition coefficient (Wildman–Crippen LogP) is 4.62. The van der Waals surface area contributed by atoms with E-state index in [4.69, 9.17) is 17.3 Å². The predicted molar refractivity (Wildman–Crippen MR) is 76.1 cm³/mol. The van der Waals surface area contributed by atoms with Crippen LogP contribution in [0.2, 0.25) is 5.02 Å². The van der Waals surface area contributed by atoms with E-state index in [9.17, 15) is 8.78 Å². The van der Waals surface area contributed by atoms with Gasteiger partial charge in [-0.05, 0) is 41.8 Å². The van der Waals surface area contributed by atoms with Crippen molar-refractivity contribution in [3.8, 4) is 0 Å². The van der Waals surface area contributed by atoms with Crippen molar-refractivity contribution >= 4 is 27.5 Å². The highest BCUT2D eigenvalue weighted by Crippen LogP contribution is 2.25. The Balaban J connectivity index is 2.25. The van der Waals surface area contributed by atoms with Crippen LogP contribution in [0.3, 0.4) is 0 Å². The average Bonchev–Trinajstić information content (AvgIpc) is 2.33. The van der Waals surface area contributed by atoms with Gasteiger partial charge in [-0.25, -0.2) is 8.78 Å². The van der Waals surface area contributed by atoms with Crippen LogP contribution in [0, 0.1) is 11.6 Å². The Morgan fingerprint density at radius 2 is 1.95 bits per heavy atom. The molecule has 2 N–H and O–H groups in total. The third-order valence-electron chi connectivity index (χ3n) is 2.78. The molecule has 1 nitrogen and oxygen atoms in total. The Morgan fingerprint density at radius 3 is 2.63 bits per heavy atom. The molecule has 5 heteroatoms. The number of hydrogen-bond donors (Lipinski definition) is 1. The highest BCUT2D eigenvalue weighted by atomic mass is 79.9. The largest absolute Gasteiger partial charge is 0.324 e. The Hall–Kier alpha value is -0.970. The van der Waals surface area contributed by atoms with Gasteiger partial charge in [0.25, 0.3) is 0 Å². The molecule has 2 aromatic carbocycles. The van der Waals surface area contributed by atoms with Gasteiger partial charge in [0, 0.05) is 10.5 Å². The molecule has 2 rings (SSSR count). The molecular weight excluding hydrogens is 336 g/mol. The molecule has 0 aliphatic carbocycles. The molecule has 1 atom stereocenters. The molecule has 0 saturated carbocycles. The van der Waals surface area contributed by atoms with Crippen molar-refractivity contribution in [2.75, 3.05) is 0 Å². The van der Waals surface area contributed by atoms with Crippen LogP contribution in [0.1, 0.15) is 17.2 Å². The van der Waals surface area contributed by atoms with Gasteiger partial charge < -0.3 is 5.73 Å². The zero-order valence-corrected chi connectivity index (χ0v) is 12.2. The van der Waals surface area contributed by atoms with Gasteiger partial charge in [-0.2, -0.15) is 0 Å². The third kappa shape index (κ3) is 3.53. The maximum Gasteiger partial charge on any atom is 0.145 e. The normalized spacial score (nSPS) is 12.5. The Bertz CT molecular complexity index is 584. The van der Waals surface area contributed by atoms with E-state index in [2.05, 4.69) is 15.9 Å². The first-order valence-corrected chi connectivity index (χ1v) is 6.79. The van der Waals surface area contributed by atoms with E-state index in [-0.39, 0.29) is 17.3 Å². The van der Waals surface area contributed by atoms with Crippen LogP contribution in [-0.2, 0) is 6.42 Å². The zero-order valence-electron chi connectivity index (χ0n) is 9.84. The highest BCUT2D eigenvalue weighted by molar-refractivity contribution is 9.10. The SMILES string of the molecule is NC(Cc1cccc(Cl)c1F)c1cc(F)cc(Br)c1. The number of halogens is 4. The smallest absolute Gasteiger partial charge is 0.145 e. The van der Waals surface area contributed by atoms with Crippen molar-refractivity contribution in [3.05, 3.63) is 68.7 Å². The molecule has 0 bridgehead atoms. The second kappa shape index (κ2) is 5.99. The lowest BCUT2D eigenvalue weighted by Crippen LogP contribution is -2.14. The zero-order chi connectivity index (χ0) is 14.0. The number of rotatable bonds is 3. The lowest BCUT2D eigenvalue weighted by Gasteiger charge is -2.14. The van der Waals surface area contributed by atoms with Gasteiger partial charge in [0.15, 0.2) is 0 Å². The summed E-state index contributed by atoms with van der Waals surface area (Å²) in [6, 6.07) is 8.67. The van der Waals surface area contributed by atoms with Crippen LogP contribution in [0.4, 0.5) is 8.78 Å². The Labute approximate surface area is 123 Å². The van der Waals surface area contributed by atoms with Crippen LogP contribution in [0.15, 0.2) is 40.9 Å². The Morgan fingerprint density at radius 1 is 1.21 bits per heavy atom. The van der Waals surface area contributed by atoms with Crippen LogP contribution < -0.4 is 5.73 Å². The molecule has 0 aliphatic heterocycles. The van der Waals surface area contributed by atoms with Crippen molar-refractivity contribution in [2.24, 2.45) is 5.73 Å². The molecule has 2 aromatic rings. The van der Waals surface area contributed by atoms with Crippen molar-refractivity contribution in [1.29, 1.82) is 0 Å². The molecule has 100 valence electrons. The van der Waals surface area contributed by atoms with Crippen molar-refractivity contribution in [3.63, 3.8) is 0 Å². The van der Waals surface area contributed by atoms with Gasteiger partial charge in [-0.3, -0.25) is 0 Å². The quantitative estimate of drug-likeness (QED) is 0.862. The fourth-order valence-corrected chi connectivity index (χ4v) is 2.53. The maximum atomic E-state index is 13.8. The summed E-state index contributed by atoms with van der Waals surface area (Å²) in [6.45, 7) is 0. The summed E-state index contributed by atoms with van der Waals surface area (Å²) in [5, 5.41) is 0.0603. The average molecular weight is 347 g/mol. The van der Waals surface area contributed by atoms with Crippen LogP contribution in [0.5, 0.6) is 0 Å². The molecule has 0 radical (unpaired) electrons. The lowest BCUT2D eigenvalue weighted by molar-refractivity contribution is 0.589. The molecule has 0 spiro atoms. The summed E-state index contributed by atoms with van der Waals surface area (Å²) in [4.78, 5) is 0. The number of hydrogen-bond acceptors (Lipinski definition) is 1. The summed E-state index contributed by atoms with van der Waals surface area (Å²) in [5.41, 5.74) is 7.01. The molecule has 0 heterocycles. The van der Waals surface area contributed by atoms with Gasteiger partial charge >= 0.3 is 0 Å². The topological polar surface area (TPSA) is 26.0 Å². The van der Waals surface area contributed by atoms with Gasteiger partial charge in [0.05, 0.1) is 5.02 Å². The summed E-state index contributed by atoms with van der Waals surface area (Å²) in [5.74, 6) is -0.860. The van der Waals surface area contributed by atoms with Gasteiger partial charge in [0.2, 0.25) is 0 Å². The molecule has 1 unspecified atom stereocenters. The first-order valence-electron chi connectivity index (χ1n) is 5.62. The fraction of sp³-hybridized carbons (Fsp3) is 0.143. The molecule has 19 heavy (non-hydrogen) atoms. The third-order valence-corrected chi connectivity index (χ3v) is 3.53. The lowest BCUT2D eigenvalue weighted by atomic mass is 9.99. The van der Waals surface area contributed by atoms with Crippen molar-refractivity contribution in [1.82, 2.24) is 0 Å². The summed E-state index contributed by atoms with van der Waals surface area (Å²) < 4.78 is 27.7. The van der Waals surface area contributed by atoms with Crippen LogP contribution in [0.25, 0.3) is 0 Å². The number of nitrogens with two attached hydrogens (primary N) is 1. The van der Waals surface area contributed by atoms with Crippen molar-refractivity contribution < 1.29 is 8.78 Å². The minimum atomic E-state index is -0.500. The van der Waals surface area contributed by atoms with Crippen LogP contribution >= 0.6 is 27.5 Å². The van der Waals surface area contributed by atoms with Gasteiger partial charge in [0.1, 0.15) is 11.6 Å². The minimum absolute atomic E-state index is 0.0603. The van der Waals surface area contributed by atoms with E-state index in [1.807, 2.05) is 0 Å². The van der Waals surface area contributed by atoms with E-state index < -0.39 is 11.9 Å². The second-order valence-corrected chi connectivity index (χ2v) is 5.55. The summed E-state index contributed by atoms with van der Waals surface area (Å²) >= 11 is 8.91. The molecule has 0 aliphatic rings. The van der Waals surface area contributed by atoms with E-state index >= 15 is 0 Å². The van der Waals surface area contributed by atoms with Gasteiger partial charge in [-0.15, -0.1) is 0 Å². The molecule has 0 fully saturated rings. The monoisotopic (exact) mass is 345 g/mol. The second-order valence-electron chi connectivity index (χ2n) is 4.23. The molecule has 0 aromatic heterocycles. The molecule has 0 saturated heterocycles. The van der Waals surface area contributed by atoms with E-state index in [0.717, 1.165) is 0 Å². The first-order chi connectivity index (χ1) is 8.97. The number of benzene rings is 2. The maximum absolute atomic E-state index is 13.8. The highest BCUT2D eigenvalue weighted by Gasteiger charge is 2.13.